The highest BCUT2D eigenvalue weighted by atomic mass is 32.2. The number of hydroxylamine groups is 2. The zero-order chi connectivity index (χ0) is 10.6. The minimum Gasteiger partial charge on any atom is -0.762 e. The summed E-state index contributed by atoms with van der Waals surface area (Å²) >= 11 is 0. The van der Waals surface area contributed by atoms with E-state index in [0.717, 1.165) is 4.90 Å². The molecule has 14 heavy (non-hydrogen) atoms. The highest BCUT2D eigenvalue weighted by molar-refractivity contribution is 7.85. The monoisotopic (exact) mass is 214 g/mol. The van der Waals surface area contributed by atoms with Crippen LogP contribution in [0.3, 0.4) is 0 Å². The molecule has 0 amide bonds. The van der Waals surface area contributed by atoms with Crippen LogP contribution in [0.4, 0.5) is 0 Å². The fourth-order valence-electron chi connectivity index (χ4n) is 1.07. The fraction of sp³-hybridized carbons (Fsp3) is 0.333. The summed E-state index contributed by atoms with van der Waals surface area (Å²) in [5, 5.41) is 18.6. The van der Waals surface area contributed by atoms with E-state index in [1.54, 1.807) is 24.3 Å². The molecule has 1 aromatic carbocycles. The molecule has 78 valence electrons. The molecule has 0 spiro atoms. The summed E-state index contributed by atoms with van der Waals surface area (Å²) < 4.78 is 11.3. The van der Waals surface area contributed by atoms with Gasteiger partial charge in [-0.05, 0) is 17.7 Å². The summed E-state index contributed by atoms with van der Waals surface area (Å²) in [5.41, 5.74) is 0.694. The second-order valence-corrected chi connectivity index (χ2v) is 4.53. The number of benzene rings is 1. The lowest BCUT2D eigenvalue weighted by Crippen LogP contribution is -2.09. The molecule has 1 unspecified atom stereocenters. The van der Waals surface area contributed by atoms with Gasteiger partial charge in [0.1, 0.15) is 0 Å². The smallest absolute Gasteiger partial charge is 0.0526 e. The van der Waals surface area contributed by atoms with Gasteiger partial charge in [0.25, 0.3) is 0 Å². The Labute approximate surface area is 85.2 Å². The molecule has 0 saturated carbocycles. The first kappa shape index (κ1) is 11.3. The molecule has 0 bridgehead atoms. The predicted octanol–water partition coefficient (Wildman–Crippen LogP) is 1.50. The van der Waals surface area contributed by atoms with Crippen molar-refractivity contribution in [3.05, 3.63) is 35.0 Å². The first-order valence-corrected chi connectivity index (χ1v) is 5.56. The van der Waals surface area contributed by atoms with Gasteiger partial charge in [-0.1, -0.05) is 19.1 Å². The fourth-order valence-corrected chi connectivity index (χ4v) is 1.84. The van der Waals surface area contributed by atoms with Crippen LogP contribution in [0.1, 0.15) is 12.5 Å². The van der Waals surface area contributed by atoms with E-state index in [4.69, 9.17) is 5.21 Å². The molecular weight excluding hydrogens is 202 g/mol. The maximum Gasteiger partial charge on any atom is 0.0526 e. The molecule has 1 N–H and O–H groups in total. The Morgan fingerprint density at radius 1 is 1.43 bits per heavy atom. The largest absolute Gasteiger partial charge is 0.762 e. The predicted molar refractivity (Wildman–Crippen MR) is 54.1 cm³/mol. The molecule has 1 aromatic rings. The molecule has 5 heteroatoms. The molecule has 1 atom stereocenters. The summed E-state index contributed by atoms with van der Waals surface area (Å²) in [6.45, 7) is 1.77. The van der Waals surface area contributed by atoms with Gasteiger partial charge >= 0.3 is 0 Å². The van der Waals surface area contributed by atoms with Gasteiger partial charge in [0, 0.05) is 17.2 Å². The Bertz CT molecular complexity index is 310. The third-order valence-electron chi connectivity index (χ3n) is 1.77. The molecule has 0 fully saturated rings. The Morgan fingerprint density at radius 2 is 2.00 bits per heavy atom. The van der Waals surface area contributed by atoms with Crippen LogP contribution >= 0.6 is 0 Å². The van der Waals surface area contributed by atoms with Gasteiger partial charge in [0.15, 0.2) is 0 Å². The van der Waals surface area contributed by atoms with Crippen molar-refractivity contribution in [1.82, 2.24) is 5.23 Å². The number of nitrogens with zero attached hydrogens (tertiary/aromatic N) is 1. The van der Waals surface area contributed by atoms with Gasteiger partial charge in [-0.15, -0.1) is 0 Å². The zero-order valence-corrected chi connectivity index (χ0v) is 8.66. The van der Waals surface area contributed by atoms with Gasteiger partial charge in [0.2, 0.25) is 0 Å². The molecule has 0 aliphatic heterocycles. The van der Waals surface area contributed by atoms with Crippen LogP contribution in [0, 0.1) is 5.21 Å². The second kappa shape index (κ2) is 5.21. The highest BCUT2D eigenvalue weighted by Gasteiger charge is 2.00. The minimum atomic E-state index is -0.966. The van der Waals surface area contributed by atoms with Crippen LogP contribution in [-0.2, 0) is 17.3 Å². The number of rotatable bonds is 4. The summed E-state index contributed by atoms with van der Waals surface area (Å²) in [6.07, 6.45) is 0. The lowest BCUT2D eigenvalue weighted by Gasteiger charge is -2.18. The number of hydrogen-bond acceptors (Lipinski definition) is 4. The maximum absolute atomic E-state index is 11.3. The topological polar surface area (TPSA) is 63.6 Å². The van der Waals surface area contributed by atoms with Gasteiger partial charge in [0.05, 0.1) is 10.8 Å². The van der Waals surface area contributed by atoms with E-state index in [1.807, 2.05) is 6.92 Å². The Balaban J connectivity index is 2.73. The van der Waals surface area contributed by atoms with Crippen molar-refractivity contribution in [1.29, 1.82) is 0 Å². The third kappa shape index (κ3) is 3.19. The van der Waals surface area contributed by atoms with E-state index in [-0.39, 0.29) is 11.8 Å². The molecule has 4 nitrogen and oxygen atoms in total. The molecule has 1 rings (SSSR count). The molecular formula is C9H12NO3S-. The molecule has 0 heterocycles. The van der Waals surface area contributed by atoms with Crippen LogP contribution in [0.2, 0.25) is 0 Å². The summed E-state index contributed by atoms with van der Waals surface area (Å²) in [5.74, 6) is 0.576. The normalized spacial score (nSPS) is 13.1. The van der Waals surface area contributed by atoms with E-state index in [1.165, 1.54) is 0 Å². The van der Waals surface area contributed by atoms with Crippen LogP contribution in [0.15, 0.2) is 29.2 Å². The van der Waals surface area contributed by atoms with Crippen molar-refractivity contribution in [2.24, 2.45) is 0 Å². The first-order chi connectivity index (χ1) is 6.63. The standard InChI is InChI=1S/C9H12NO3S/c1-2-14(13)9-5-3-8(4-6-9)7-10(11)12/h3-6,11H,2,7H2,1H3/q-1. The van der Waals surface area contributed by atoms with Crippen LogP contribution < -0.4 is 0 Å². The SMILES string of the molecule is CCS(=O)c1ccc(CN([O-])O)cc1. The lowest BCUT2D eigenvalue weighted by atomic mass is 10.2. The van der Waals surface area contributed by atoms with Gasteiger partial charge in [-0.3, -0.25) is 9.44 Å². The van der Waals surface area contributed by atoms with Crippen molar-refractivity contribution < 1.29 is 9.42 Å². The van der Waals surface area contributed by atoms with E-state index in [2.05, 4.69) is 0 Å². The molecule has 0 aliphatic rings. The van der Waals surface area contributed by atoms with Crippen molar-refractivity contribution in [3.63, 3.8) is 0 Å². The lowest BCUT2D eigenvalue weighted by molar-refractivity contribution is -0.0487. The number of hydrogen-bond donors (Lipinski definition) is 1. The van der Waals surface area contributed by atoms with Crippen LogP contribution in [0.25, 0.3) is 0 Å². The Hall–Kier alpha value is -0.750. The van der Waals surface area contributed by atoms with E-state index >= 15 is 0 Å². The molecule has 0 radical (unpaired) electrons. The van der Waals surface area contributed by atoms with E-state index in [0.29, 0.717) is 11.3 Å². The van der Waals surface area contributed by atoms with Crippen LogP contribution in [-0.4, -0.2) is 20.4 Å². The summed E-state index contributed by atoms with van der Waals surface area (Å²) in [6, 6.07) is 6.78. The average Bonchev–Trinajstić information content (AvgIpc) is 2.17. The van der Waals surface area contributed by atoms with Crippen molar-refractivity contribution >= 4 is 10.8 Å². The molecule has 0 saturated heterocycles. The Morgan fingerprint density at radius 3 is 2.43 bits per heavy atom. The Kier molecular flexibility index (Phi) is 4.21. The quantitative estimate of drug-likeness (QED) is 0.771. The highest BCUT2D eigenvalue weighted by Crippen LogP contribution is 2.09. The third-order valence-corrected chi connectivity index (χ3v) is 3.09. The summed E-state index contributed by atoms with van der Waals surface area (Å²) in [4.78, 5) is 0.742. The summed E-state index contributed by atoms with van der Waals surface area (Å²) in [7, 11) is -0.966. The van der Waals surface area contributed by atoms with Crippen molar-refractivity contribution in [2.45, 2.75) is 18.4 Å². The van der Waals surface area contributed by atoms with E-state index < -0.39 is 10.8 Å². The average molecular weight is 214 g/mol. The van der Waals surface area contributed by atoms with E-state index in [9.17, 15) is 9.42 Å². The second-order valence-electron chi connectivity index (χ2n) is 2.79. The van der Waals surface area contributed by atoms with Gasteiger partial charge in [-0.25, -0.2) is 0 Å². The zero-order valence-electron chi connectivity index (χ0n) is 7.84. The minimum absolute atomic E-state index is 0.0704. The van der Waals surface area contributed by atoms with Crippen molar-refractivity contribution in [3.8, 4) is 0 Å². The first-order valence-electron chi connectivity index (χ1n) is 4.24. The van der Waals surface area contributed by atoms with Crippen LogP contribution in [0.5, 0.6) is 0 Å². The molecule has 0 aliphatic carbocycles. The van der Waals surface area contributed by atoms with Gasteiger partial charge < -0.3 is 10.4 Å². The van der Waals surface area contributed by atoms with Gasteiger partial charge in [-0.2, -0.15) is 0 Å². The molecule has 0 aromatic heterocycles. The maximum atomic E-state index is 11.3. The van der Waals surface area contributed by atoms with Crippen molar-refractivity contribution in [2.75, 3.05) is 5.75 Å².